The first-order valence-electron chi connectivity index (χ1n) is 11.0. The molecule has 0 aromatic heterocycles. The van der Waals surface area contributed by atoms with Crippen molar-refractivity contribution in [3.63, 3.8) is 0 Å². The maximum Gasteiger partial charge on any atom is 0.184 e. The molecule has 0 radical (unpaired) electrons. The van der Waals surface area contributed by atoms with Crippen molar-refractivity contribution in [2.24, 2.45) is 0 Å². The molecule has 0 amide bonds. The van der Waals surface area contributed by atoms with Gasteiger partial charge >= 0.3 is 0 Å². The van der Waals surface area contributed by atoms with E-state index < -0.39 is 6.29 Å². The van der Waals surface area contributed by atoms with Gasteiger partial charge in [-0.05, 0) is 50.3 Å². The fraction of sp³-hybridized carbons (Fsp3) is 0.462. The van der Waals surface area contributed by atoms with E-state index in [4.69, 9.17) is 18.9 Å². The van der Waals surface area contributed by atoms with Crippen molar-refractivity contribution in [1.29, 1.82) is 0 Å². The van der Waals surface area contributed by atoms with E-state index in [2.05, 4.69) is 6.58 Å². The molecule has 0 spiro atoms. The molecule has 1 saturated heterocycles. The third-order valence-corrected chi connectivity index (χ3v) is 5.51. The van der Waals surface area contributed by atoms with Crippen LogP contribution in [0.25, 0.3) is 0 Å². The van der Waals surface area contributed by atoms with Crippen molar-refractivity contribution >= 4 is 0 Å². The Labute approximate surface area is 185 Å². The van der Waals surface area contributed by atoms with Gasteiger partial charge in [-0.3, -0.25) is 0 Å². The zero-order chi connectivity index (χ0) is 22.1. The molecule has 1 aliphatic rings. The first-order chi connectivity index (χ1) is 15.1. The van der Waals surface area contributed by atoms with E-state index in [-0.39, 0.29) is 24.4 Å². The van der Waals surface area contributed by atoms with Crippen LogP contribution in [0.5, 0.6) is 5.75 Å². The van der Waals surface area contributed by atoms with Crippen molar-refractivity contribution in [3.8, 4) is 5.75 Å². The Balaban J connectivity index is 1.74. The lowest BCUT2D eigenvalue weighted by Gasteiger charge is -2.42. The highest BCUT2D eigenvalue weighted by Crippen LogP contribution is 2.35. The Hall–Kier alpha value is -2.18. The first kappa shape index (κ1) is 23.5. The lowest BCUT2D eigenvalue weighted by atomic mass is 9.97. The average molecular weight is 427 g/mol. The van der Waals surface area contributed by atoms with Gasteiger partial charge in [0.05, 0.1) is 32.0 Å². The molecule has 0 unspecified atom stereocenters. The molecule has 5 atom stereocenters. The topological polar surface area (TPSA) is 57.2 Å². The van der Waals surface area contributed by atoms with Crippen LogP contribution in [0.2, 0.25) is 0 Å². The molecule has 1 aliphatic heterocycles. The first-order valence-corrected chi connectivity index (χ1v) is 11.0. The molecule has 0 bridgehead atoms. The lowest BCUT2D eigenvalue weighted by molar-refractivity contribution is -0.299. The van der Waals surface area contributed by atoms with Crippen LogP contribution in [0.15, 0.2) is 67.3 Å². The standard InChI is InChI=1S/C26H34O5/c1-4-9-23-25(29-18-20-14-16-22(28-3)17-15-20)24(13-8-10-19(2)27)31-26(30-23)21-11-6-5-7-12-21/h4-7,11-12,14-17,19,23-27H,1,8-10,13,18H2,2-3H3/t19-,23-,24+,25-,26-/m1/s1. The Morgan fingerprint density at radius 3 is 2.42 bits per heavy atom. The molecular weight excluding hydrogens is 392 g/mol. The summed E-state index contributed by atoms with van der Waals surface area (Å²) >= 11 is 0. The molecule has 0 aliphatic carbocycles. The molecule has 5 heteroatoms. The zero-order valence-electron chi connectivity index (χ0n) is 18.5. The van der Waals surface area contributed by atoms with E-state index in [1.165, 1.54) is 0 Å². The van der Waals surface area contributed by atoms with E-state index in [9.17, 15) is 5.11 Å². The van der Waals surface area contributed by atoms with Crippen LogP contribution in [0.4, 0.5) is 0 Å². The van der Waals surface area contributed by atoms with Crippen LogP contribution in [0.1, 0.15) is 50.0 Å². The van der Waals surface area contributed by atoms with Crippen LogP contribution in [-0.4, -0.2) is 36.6 Å². The fourth-order valence-electron chi connectivity index (χ4n) is 3.84. The number of aliphatic hydroxyl groups excluding tert-OH is 1. The average Bonchev–Trinajstić information content (AvgIpc) is 2.79. The molecule has 2 aromatic carbocycles. The molecule has 31 heavy (non-hydrogen) atoms. The van der Waals surface area contributed by atoms with Crippen LogP contribution >= 0.6 is 0 Å². The minimum absolute atomic E-state index is 0.138. The minimum Gasteiger partial charge on any atom is -0.497 e. The van der Waals surface area contributed by atoms with E-state index >= 15 is 0 Å². The van der Waals surface area contributed by atoms with Gasteiger partial charge in [0, 0.05) is 5.56 Å². The van der Waals surface area contributed by atoms with Gasteiger partial charge in [0.25, 0.3) is 0 Å². The van der Waals surface area contributed by atoms with Gasteiger partial charge in [0.1, 0.15) is 11.9 Å². The van der Waals surface area contributed by atoms with Crippen molar-refractivity contribution in [2.75, 3.05) is 7.11 Å². The van der Waals surface area contributed by atoms with Gasteiger partial charge < -0.3 is 24.1 Å². The molecule has 5 nitrogen and oxygen atoms in total. The van der Waals surface area contributed by atoms with Gasteiger partial charge in [-0.25, -0.2) is 0 Å². The molecule has 168 valence electrons. The Morgan fingerprint density at radius 2 is 1.77 bits per heavy atom. The van der Waals surface area contributed by atoms with Crippen molar-refractivity contribution in [2.45, 2.75) is 69.9 Å². The van der Waals surface area contributed by atoms with E-state index in [1.807, 2.05) is 67.6 Å². The number of hydrogen-bond acceptors (Lipinski definition) is 5. The van der Waals surface area contributed by atoms with Gasteiger partial charge in [0.15, 0.2) is 6.29 Å². The molecule has 1 N–H and O–H groups in total. The normalized spacial score (nSPS) is 24.5. The Morgan fingerprint density at radius 1 is 1.06 bits per heavy atom. The second-order valence-corrected chi connectivity index (χ2v) is 8.02. The zero-order valence-corrected chi connectivity index (χ0v) is 18.5. The summed E-state index contributed by atoms with van der Waals surface area (Å²) in [4.78, 5) is 0. The van der Waals surface area contributed by atoms with E-state index in [0.717, 1.165) is 36.1 Å². The highest BCUT2D eigenvalue weighted by molar-refractivity contribution is 5.26. The summed E-state index contributed by atoms with van der Waals surface area (Å²) in [6.07, 6.45) is 3.62. The smallest absolute Gasteiger partial charge is 0.184 e. The number of methoxy groups -OCH3 is 1. The summed E-state index contributed by atoms with van der Waals surface area (Å²) in [5, 5.41) is 9.69. The molecular formula is C26H34O5. The number of rotatable bonds is 11. The number of ether oxygens (including phenoxy) is 4. The Kier molecular flexibility index (Phi) is 9.10. The summed E-state index contributed by atoms with van der Waals surface area (Å²) < 4.78 is 24.3. The third kappa shape index (κ3) is 6.91. The van der Waals surface area contributed by atoms with Crippen LogP contribution in [-0.2, 0) is 20.8 Å². The highest BCUT2D eigenvalue weighted by atomic mass is 16.7. The second-order valence-electron chi connectivity index (χ2n) is 8.02. The van der Waals surface area contributed by atoms with Gasteiger partial charge in [-0.1, -0.05) is 48.5 Å². The number of aliphatic hydroxyl groups is 1. The van der Waals surface area contributed by atoms with Crippen LogP contribution < -0.4 is 4.74 Å². The third-order valence-electron chi connectivity index (χ3n) is 5.51. The van der Waals surface area contributed by atoms with Gasteiger partial charge in [-0.15, -0.1) is 6.58 Å². The molecule has 2 aromatic rings. The monoisotopic (exact) mass is 426 g/mol. The summed E-state index contributed by atoms with van der Waals surface area (Å²) in [5.74, 6) is 0.819. The lowest BCUT2D eigenvalue weighted by Crippen LogP contribution is -2.48. The largest absolute Gasteiger partial charge is 0.497 e. The minimum atomic E-state index is -0.441. The predicted molar refractivity (Wildman–Crippen MR) is 121 cm³/mol. The summed E-state index contributed by atoms with van der Waals surface area (Å²) in [7, 11) is 1.66. The maximum absolute atomic E-state index is 9.69. The van der Waals surface area contributed by atoms with E-state index in [0.29, 0.717) is 13.0 Å². The van der Waals surface area contributed by atoms with Crippen molar-refractivity contribution < 1.29 is 24.1 Å². The maximum atomic E-state index is 9.69. The predicted octanol–water partition coefficient (Wildman–Crippen LogP) is 5.19. The summed E-state index contributed by atoms with van der Waals surface area (Å²) in [6, 6.07) is 17.8. The highest BCUT2D eigenvalue weighted by Gasteiger charge is 2.40. The second kappa shape index (κ2) is 12.0. The Bertz CT molecular complexity index is 774. The van der Waals surface area contributed by atoms with Gasteiger partial charge in [-0.2, -0.15) is 0 Å². The fourth-order valence-corrected chi connectivity index (χ4v) is 3.84. The van der Waals surface area contributed by atoms with Crippen molar-refractivity contribution in [1.82, 2.24) is 0 Å². The van der Waals surface area contributed by atoms with Gasteiger partial charge in [0.2, 0.25) is 0 Å². The number of hydrogen-bond donors (Lipinski definition) is 1. The quantitative estimate of drug-likeness (QED) is 0.501. The molecule has 1 heterocycles. The molecule has 1 fully saturated rings. The molecule has 3 rings (SSSR count). The van der Waals surface area contributed by atoms with Crippen LogP contribution in [0, 0.1) is 0 Å². The molecule has 0 saturated carbocycles. The van der Waals surface area contributed by atoms with Crippen molar-refractivity contribution in [3.05, 3.63) is 78.4 Å². The van der Waals surface area contributed by atoms with E-state index in [1.54, 1.807) is 7.11 Å². The number of benzene rings is 2. The SMILES string of the molecule is C=CC[C@H]1O[C@@H](c2ccccc2)O[C@@H](CCC[C@@H](C)O)[C@@H]1OCc1ccc(OC)cc1. The summed E-state index contributed by atoms with van der Waals surface area (Å²) in [6.45, 7) is 6.18. The van der Waals surface area contributed by atoms with Crippen LogP contribution in [0.3, 0.4) is 0 Å². The summed E-state index contributed by atoms with van der Waals surface area (Å²) in [5.41, 5.74) is 2.05.